The number of amides is 2. The Labute approximate surface area is 124 Å². The Kier molecular flexibility index (Phi) is 5.57. The van der Waals surface area contributed by atoms with Gasteiger partial charge < -0.3 is 20.7 Å². The molecular formula is C15H21N3O3. The molecule has 21 heavy (non-hydrogen) atoms. The van der Waals surface area contributed by atoms with Crippen molar-refractivity contribution in [3.05, 3.63) is 29.8 Å². The number of carbonyl (C=O) groups excluding carboxylic acids is 2. The highest BCUT2D eigenvalue weighted by atomic mass is 16.5. The van der Waals surface area contributed by atoms with Crippen LogP contribution >= 0.6 is 0 Å². The van der Waals surface area contributed by atoms with Crippen LogP contribution in [-0.4, -0.2) is 45.2 Å². The molecule has 0 spiro atoms. The normalized spacial score (nSPS) is 16.5. The van der Waals surface area contributed by atoms with Crippen LogP contribution in [0.15, 0.2) is 24.3 Å². The molecule has 1 atom stereocenters. The first-order valence-electron chi connectivity index (χ1n) is 7.06. The highest BCUT2D eigenvalue weighted by Gasteiger charge is 2.24. The number of ether oxygens (including phenoxy) is 1. The number of rotatable bonds is 6. The van der Waals surface area contributed by atoms with Gasteiger partial charge in [0.25, 0.3) is 0 Å². The molecule has 1 aromatic rings. The molecule has 2 rings (SSSR count). The molecule has 6 heteroatoms. The lowest BCUT2D eigenvalue weighted by molar-refractivity contribution is -0.128. The monoisotopic (exact) mass is 291 g/mol. The van der Waals surface area contributed by atoms with Crippen molar-refractivity contribution in [1.82, 2.24) is 10.6 Å². The van der Waals surface area contributed by atoms with E-state index in [9.17, 15) is 9.59 Å². The van der Waals surface area contributed by atoms with Gasteiger partial charge in [0, 0.05) is 25.9 Å². The maximum absolute atomic E-state index is 12.1. The molecule has 0 bridgehead atoms. The van der Waals surface area contributed by atoms with Crippen LogP contribution in [0.4, 0.5) is 5.69 Å². The molecular weight excluding hydrogens is 270 g/mol. The summed E-state index contributed by atoms with van der Waals surface area (Å²) in [5, 5.41) is 8.59. The summed E-state index contributed by atoms with van der Waals surface area (Å²) in [5.41, 5.74) is 2.22. The first-order valence-corrected chi connectivity index (χ1v) is 7.06. The first-order chi connectivity index (χ1) is 10.2. The smallest absolute Gasteiger partial charge is 0.239 e. The molecule has 1 aliphatic heterocycles. The number of carbonyl (C=O) groups is 2. The van der Waals surface area contributed by atoms with Gasteiger partial charge in [-0.25, -0.2) is 0 Å². The predicted octanol–water partition coefficient (Wildman–Crippen LogP) is 0.150. The molecule has 1 unspecified atom stereocenters. The lowest BCUT2D eigenvalue weighted by Crippen LogP contribution is -2.43. The number of methoxy groups -OCH3 is 1. The van der Waals surface area contributed by atoms with Crippen LogP contribution in [-0.2, 0) is 20.7 Å². The van der Waals surface area contributed by atoms with Crippen LogP contribution in [0.3, 0.4) is 0 Å². The van der Waals surface area contributed by atoms with E-state index in [1.54, 1.807) is 7.11 Å². The largest absolute Gasteiger partial charge is 0.384 e. The molecule has 1 aliphatic rings. The van der Waals surface area contributed by atoms with Crippen molar-refractivity contribution in [2.24, 2.45) is 5.92 Å². The molecule has 6 nitrogen and oxygen atoms in total. The highest BCUT2D eigenvalue weighted by molar-refractivity contribution is 5.86. The molecule has 114 valence electrons. The predicted molar refractivity (Wildman–Crippen MR) is 80.0 cm³/mol. The van der Waals surface area contributed by atoms with Gasteiger partial charge in [-0.3, -0.25) is 9.59 Å². The van der Waals surface area contributed by atoms with Gasteiger partial charge in [-0.1, -0.05) is 18.2 Å². The Morgan fingerprint density at radius 2 is 2.14 bits per heavy atom. The molecule has 0 saturated carbocycles. The molecule has 0 radical (unpaired) electrons. The molecule has 1 heterocycles. The minimum atomic E-state index is -0.204. The average molecular weight is 291 g/mol. The second-order valence-electron chi connectivity index (χ2n) is 5.00. The van der Waals surface area contributed by atoms with E-state index in [4.69, 9.17) is 4.74 Å². The van der Waals surface area contributed by atoms with Gasteiger partial charge in [0.2, 0.25) is 11.8 Å². The number of hydrogen-bond donors (Lipinski definition) is 3. The topological polar surface area (TPSA) is 79.5 Å². The molecule has 3 N–H and O–H groups in total. The van der Waals surface area contributed by atoms with Crippen LogP contribution in [0.5, 0.6) is 0 Å². The number of fused-ring (bicyclic) bond motifs is 1. The van der Waals surface area contributed by atoms with Crippen LogP contribution < -0.4 is 16.0 Å². The summed E-state index contributed by atoms with van der Waals surface area (Å²) in [4.78, 5) is 23.6. The standard InChI is InChI=1S/C15H21N3O3/c1-21-7-6-16-14(19)10-18-15(20)12-8-11-4-2-3-5-13(11)17-9-12/h2-5,12,17H,6-10H2,1H3,(H,16,19)(H,18,20). The van der Waals surface area contributed by atoms with Crippen molar-refractivity contribution < 1.29 is 14.3 Å². The summed E-state index contributed by atoms with van der Waals surface area (Å²) in [6.45, 7) is 1.50. The van der Waals surface area contributed by atoms with Gasteiger partial charge in [0.05, 0.1) is 19.1 Å². The van der Waals surface area contributed by atoms with Crippen molar-refractivity contribution in [1.29, 1.82) is 0 Å². The Balaban J connectivity index is 1.76. The summed E-state index contributed by atoms with van der Waals surface area (Å²) in [6, 6.07) is 7.95. The maximum atomic E-state index is 12.1. The second kappa shape index (κ2) is 7.64. The van der Waals surface area contributed by atoms with Crippen molar-refractivity contribution in [3.63, 3.8) is 0 Å². The summed E-state index contributed by atoms with van der Waals surface area (Å²) in [6.07, 6.45) is 0.695. The maximum Gasteiger partial charge on any atom is 0.239 e. The third kappa shape index (κ3) is 4.46. The summed E-state index contributed by atoms with van der Waals surface area (Å²) in [7, 11) is 1.57. The van der Waals surface area contributed by atoms with Crippen molar-refractivity contribution in [2.45, 2.75) is 6.42 Å². The van der Waals surface area contributed by atoms with E-state index >= 15 is 0 Å². The van der Waals surface area contributed by atoms with Gasteiger partial charge in [-0.15, -0.1) is 0 Å². The van der Waals surface area contributed by atoms with Gasteiger partial charge in [-0.2, -0.15) is 0 Å². The molecule has 0 saturated heterocycles. The fourth-order valence-corrected chi connectivity index (χ4v) is 2.29. The summed E-state index contributed by atoms with van der Waals surface area (Å²) < 4.78 is 4.84. The van der Waals surface area contributed by atoms with E-state index in [0.717, 1.165) is 11.3 Å². The van der Waals surface area contributed by atoms with Gasteiger partial charge >= 0.3 is 0 Å². The van der Waals surface area contributed by atoms with Crippen LogP contribution in [0.2, 0.25) is 0 Å². The Bertz CT molecular complexity index is 505. The third-order valence-electron chi connectivity index (χ3n) is 3.44. The molecule has 0 fully saturated rings. The van der Waals surface area contributed by atoms with E-state index in [-0.39, 0.29) is 24.3 Å². The number of para-hydroxylation sites is 1. The van der Waals surface area contributed by atoms with E-state index < -0.39 is 0 Å². The lowest BCUT2D eigenvalue weighted by atomic mass is 9.93. The van der Waals surface area contributed by atoms with Crippen molar-refractivity contribution in [3.8, 4) is 0 Å². The van der Waals surface area contributed by atoms with E-state index in [0.29, 0.717) is 26.1 Å². The fraction of sp³-hybridized carbons (Fsp3) is 0.467. The quantitative estimate of drug-likeness (QED) is 0.652. The molecule has 0 aliphatic carbocycles. The Morgan fingerprint density at radius 3 is 2.95 bits per heavy atom. The molecule has 0 aromatic heterocycles. The first kappa shape index (κ1) is 15.3. The van der Waals surface area contributed by atoms with Gasteiger partial charge in [-0.05, 0) is 18.1 Å². The van der Waals surface area contributed by atoms with Gasteiger partial charge in [0.1, 0.15) is 0 Å². The van der Waals surface area contributed by atoms with Crippen LogP contribution in [0, 0.1) is 5.92 Å². The Hall–Kier alpha value is -2.08. The van der Waals surface area contributed by atoms with Crippen molar-refractivity contribution in [2.75, 3.05) is 38.7 Å². The molecule has 2 amide bonds. The SMILES string of the molecule is COCCNC(=O)CNC(=O)C1CNc2ccccc2C1. The van der Waals surface area contributed by atoms with E-state index in [2.05, 4.69) is 16.0 Å². The second-order valence-corrected chi connectivity index (χ2v) is 5.00. The van der Waals surface area contributed by atoms with Gasteiger partial charge in [0.15, 0.2) is 0 Å². The van der Waals surface area contributed by atoms with E-state index in [1.807, 2.05) is 24.3 Å². The van der Waals surface area contributed by atoms with E-state index in [1.165, 1.54) is 0 Å². The zero-order chi connectivity index (χ0) is 15.1. The zero-order valence-corrected chi connectivity index (χ0v) is 12.1. The number of benzene rings is 1. The zero-order valence-electron chi connectivity index (χ0n) is 12.1. The number of hydrogen-bond acceptors (Lipinski definition) is 4. The third-order valence-corrected chi connectivity index (χ3v) is 3.44. The minimum absolute atomic E-state index is 0.000689. The van der Waals surface area contributed by atoms with Crippen LogP contribution in [0.1, 0.15) is 5.56 Å². The van der Waals surface area contributed by atoms with Crippen molar-refractivity contribution >= 4 is 17.5 Å². The van der Waals surface area contributed by atoms with Crippen LogP contribution in [0.25, 0.3) is 0 Å². The fourth-order valence-electron chi connectivity index (χ4n) is 2.29. The lowest BCUT2D eigenvalue weighted by Gasteiger charge is -2.25. The highest BCUT2D eigenvalue weighted by Crippen LogP contribution is 2.24. The Morgan fingerprint density at radius 1 is 1.33 bits per heavy atom. The number of anilines is 1. The average Bonchev–Trinajstić information content (AvgIpc) is 2.52. The summed E-state index contributed by atoms with van der Waals surface area (Å²) >= 11 is 0. The molecule has 1 aromatic carbocycles. The number of nitrogens with one attached hydrogen (secondary N) is 3. The summed E-state index contributed by atoms with van der Waals surface area (Å²) in [5.74, 6) is -0.449. The minimum Gasteiger partial charge on any atom is -0.384 e.